The van der Waals surface area contributed by atoms with E-state index in [1.807, 2.05) is 35.2 Å². The third-order valence-electron chi connectivity index (χ3n) is 3.20. The Morgan fingerprint density at radius 3 is 2.94 bits per heavy atom. The summed E-state index contributed by atoms with van der Waals surface area (Å²) >= 11 is 0. The number of likely N-dealkylation sites (tertiary alicyclic amines) is 1. The Kier molecular flexibility index (Phi) is 4.73. The van der Waals surface area contributed by atoms with Crippen molar-refractivity contribution in [2.24, 2.45) is 0 Å². The Balaban J connectivity index is 1.72. The van der Waals surface area contributed by atoms with Crippen molar-refractivity contribution < 1.29 is 9.63 Å². The second-order valence-electron chi connectivity index (χ2n) is 4.70. The molecule has 0 saturated carbocycles. The van der Waals surface area contributed by atoms with Crippen LogP contribution < -0.4 is 5.48 Å². The van der Waals surface area contributed by atoms with Crippen LogP contribution in [0.4, 0.5) is 0 Å². The van der Waals surface area contributed by atoms with Crippen LogP contribution in [0.2, 0.25) is 0 Å². The first-order chi connectivity index (χ1) is 8.75. The summed E-state index contributed by atoms with van der Waals surface area (Å²) < 4.78 is 0. The molecule has 1 aliphatic heterocycles. The first-order valence-corrected chi connectivity index (χ1v) is 6.42. The van der Waals surface area contributed by atoms with Crippen molar-refractivity contribution in [1.82, 2.24) is 10.4 Å². The SMILES string of the molecule is CC(=O)N1CCCC(NOCc2ccccc2)C1. The van der Waals surface area contributed by atoms with Gasteiger partial charge in [-0.2, -0.15) is 5.48 Å². The summed E-state index contributed by atoms with van der Waals surface area (Å²) in [5.41, 5.74) is 4.20. The lowest BCUT2D eigenvalue weighted by Crippen LogP contribution is -2.47. The van der Waals surface area contributed by atoms with Gasteiger partial charge >= 0.3 is 0 Å². The molecule has 2 rings (SSSR count). The molecule has 98 valence electrons. The predicted molar refractivity (Wildman–Crippen MR) is 69.6 cm³/mol. The third kappa shape index (κ3) is 3.82. The predicted octanol–water partition coefficient (Wildman–Crippen LogP) is 1.72. The number of carbonyl (C=O) groups excluding carboxylic acids is 1. The van der Waals surface area contributed by atoms with Gasteiger partial charge in [0.15, 0.2) is 0 Å². The van der Waals surface area contributed by atoms with Crippen LogP contribution in [0.5, 0.6) is 0 Å². The monoisotopic (exact) mass is 248 g/mol. The molecule has 0 aromatic heterocycles. The van der Waals surface area contributed by atoms with Crippen LogP contribution in [-0.4, -0.2) is 29.9 Å². The van der Waals surface area contributed by atoms with Gasteiger partial charge in [-0.3, -0.25) is 9.63 Å². The standard InChI is InChI=1S/C14H20N2O2/c1-12(17)16-9-5-8-14(10-16)15-18-11-13-6-3-2-4-7-13/h2-4,6-7,14-15H,5,8-11H2,1H3. The lowest BCUT2D eigenvalue weighted by molar-refractivity contribution is -0.131. The molecule has 4 heteroatoms. The van der Waals surface area contributed by atoms with Crippen LogP contribution in [0.25, 0.3) is 0 Å². The van der Waals surface area contributed by atoms with Gasteiger partial charge in [0.2, 0.25) is 5.91 Å². The second-order valence-corrected chi connectivity index (χ2v) is 4.70. The van der Waals surface area contributed by atoms with Crippen molar-refractivity contribution >= 4 is 5.91 Å². The average molecular weight is 248 g/mol. The Labute approximate surface area is 108 Å². The van der Waals surface area contributed by atoms with Crippen molar-refractivity contribution in [2.75, 3.05) is 13.1 Å². The number of amides is 1. The van der Waals surface area contributed by atoms with Crippen molar-refractivity contribution in [2.45, 2.75) is 32.4 Å². The molecular weight excluding hydrogens is 228 g/mol. The number of hydroxylamine groups is 1. The maximum atomic E-state index is 11.3. The third-order valence-corrected chi connectivity index (χ3v) is 3.20. The Bertz CT molecular complexity index is 381. The smallest absolute Gasteiger partial charge is 0.219 e. The molecule has 1 aliphatic rings. The van der Waals surface area contributed by atoms with Crippen molar-refractivity contribution in [3.8, 4) is 0 Å². The molecule has 0 aliphatic carbocycles. The van der Waals surface area contributed by atoms with E-state index in [4.69, 9.17) is 4.84 Å². The molecule has 1 aromatic carbocycles. The zero-order chi connectivity index (χ0) is 12.8. The maximum absolute atomic E-state index is 11.3. The largest absolute Gasteiger partial charge is 0.341 e. The zero-order valence-corrected chi connectivity index (χ0v) is 10.8. The number of nitrogens with zero attached hydrogens (tertiary/aromatic N) is 1. The maximum Gasteiger partial charge on any atom is 0.219 e. The van der Waals surface area contributed by atoms with Gasteiger partial charge in [0.25, 0.3) is 0 Å². The summed E-state index contributed by atoms with van der Waals surface area (Å²) in [6, 6.07) is 10.3. The summed E-state index contributed by atoms with van der Waals surface area (Å²) in [6.45, 7) is 3.78. The van der Waals surface area contributed by atoms with E-state index >= 15 is 0 Å². The van der Waals surface area contributed by atoms with E-state index in [-0.39, 0.29) is 11.9 Å². The summed E-state index contributed by atoms with van der Waals surface area (Å²) in [7, 11) is 0. The number of nitrogens with one attached hydrogen (secondary N) is 1. The topological polar surface area (TPSA) is 41.6 Å². The van der Waals surface area contributed by atoms with E-state index in [9.17, 15) is 4.79 Å². The number of carbonyl (C=O) groups is 1. The minimum absolute atomic E-state index is 0.143. The number of hydrogen-bond acceptors (Lipinski definition) is 3. The molecule has 4 nitrogen and oxygen atoms in total. The van der Waals surface area contributed by atoms with Gasteiger partial charge in [0.1, 0.15) is 0 Å². The van der Waals surface area contributed by atoms with Gasteiger partial charge in [-0.15, -0.1) is 0 Å². The Morgan fingerprint density at radius 1 is 1.44 bits per heavy atom. The molecule has 1 aromatic rings. The molecule has 1 atom stereocenters. The van der Waals surface area contributed by atoms with Crippen molar-refractivity contribution in [3.05, 3.63) is 35.9 Å². The first kappa shape index (κ1) is 13.1. The van der Waals surface area contributed by atoms with Crippen LogP contribution >= 0.6 is 0 Å². The van der Waals surface area contributed by atoms with Gasteiger partial charge in [-0.05, 0) is 18.4 Å². The first-order valence-electron chi connectivity index (χ1n) is 6.42. The molecule has 0 radical (unpaired) electrons. The fourth-order valence-corrected chi connectivity index (χ4v) is 2.18. The van der Waals surface area contributed by atoms with Gasteiger partial charge in [-0.1, -0.05) is 30.3 Å². The van der Waals surface area contributed by atoms with Crippen molar-refractivity contribution in [1.29, 1.82) is 0 Å². The highest BCUT2D eigenvalue weighted by atomic mass is 16.6. The number of rotatable bonds is 4. The Hall–Kier alpha value is -1.39. The molecule has 1 unspecified atom stereocenters. The highest BCUT2D eigenvalue weighted by Crippen LogP contribution is 2.10. The van der Waals surface area contributed by atoms with Crippen LogP contribution in [0.1, 0.15) is 25.3 Å². The van der Waals surface area contributed by atoms with Crippen LogP contribution in [0, 0.1) is 0 Å². The minimum atomic E-state index is 0.143. The fourth-order valence-electron chi connectivity index (χ4n) is 2.18. The lowest BCUT2D eigenvalue weighted by atomic mass is 10.1. The van der Waals surface area contributed by atoms with Crippen LogP contribution in [-0.2, 0) is 16.2 Å². The number of hydrogen-bond donors (Lipinski definition) is 1. The highest BCUT2D eigenvalue weighted by Gasteiger charge is 2.21. The highest BCUT2D eigenvalue weighted by molar-refractivity contribution is 5.73. The van der Waals surface area contributed by atoms with E-state index in [1.165, 1.54) is 0 Å². The minimum Gasteiger partial charge on any atom is -0.341 e. The van der Waals surface area contributed by atoms with E-state index in [1.54, 1.807) is 6.92 Å². The molecule has 1 amide bonds. The fraction of sp³-hybridized carbons (Fsp3) is 0.500. The summed E-state index contributed by atoms with van der Waals surface area (Å²) in [5.74, 6) is 0.143. The molecule has 1 saturated heterocycles. The summed E-state index contributed by atoms with van der Waals surface area (Å²) in [4.78, 5) is 18.7. The van der Waals surface area contributed by atoms with E-state index in [2.05, 4.69) is 5.48 Å². The second kappa shape index (κ2) is 6.52. The number of benzene rings is 1. The quantitative estimate of drug-likeness (QED) is 0.825. The van der Waals surface area contributed by atoms with E-state index in [0.29, 0.717) is 6.61 Å². The molecular formula is C14H20N2O2. The Morgan fingerprint density at radius 2 is 2.22 bits per heavy atom. The molecule has 1 heterocycles. The molecule has 1 fully saturated rings. The van der Waals surface area contributed by atoms with Crippen molar-refractivity contribution in [3.63, 3.8) is 0 Å². The van der Waals surface area contributed by atoms with E-state index < -0.39 is 0 Å². The van der Waals surface area contributed by atoms with Crippen LogP contribution in [0.15, 0.2) is 30.3 Å². The van der Waals surface area contributed by atoms with Gasteiger partial charge in [-0.25, -0.2) is 0 Å². The average Bonchev–Trinajstić information content (AvgIpc) is 2.40. The normalized spacial score (nSPS) is 19.8. The van der Waals surface area contributed by atoms with Gasteiger partial charge < -0.3 is 4.90 Å². The van der Waals surface area contributed by atoms with Gasteiger partial charge in [0.05, 0.1) is 6.61 Å². The number of piperidine rings is 1. The molecule has 0 bridgehead atoms. The summed E-state index contributed by atoms with van der Waals surface area (Å²) in [5, 5.41) is 0. The summed E-state index contributed by atoms with van der Waals surface area (Å²) in [6.07, 6.45) is 2.09. The van der Waals surface area contributed by atoms with E-state index in [0.717, 1.165) is 31.5 Å². The molecule has 1 N–H and O–H groups in total. The molecule has 18 heavy (non-hydrogen) atoms. The molecule has 0 spiro atoms. The van der Waals surface area contributed by atoms with Gasteiger partial charge in [0, 0.05) is 26.1 Å². The van der Waals surface area contributed by atoms with Crippen LogP contribution in [0.3, 0.4) is 0 Å². The lowest BCUT2D eigenvalue weighted by Gasteiger charge is -2.32. The zero-order valence-electron chi connectivity index (χ0n) is 10.8.